The standard InChI is InChI=1S/C20H18Cl2N2O4/c1-3-8-24-16(11-4-6-23-7-5-11)15(18(26)20(24)27)17(25)13-9-12(21)10-14(22)19(13)28-2/h4-7,9-10,16,25H,3,8H2,1-2H3/b17-15+. The number of nitrogens with zero attached hydrogens (tertiary/aromatic N) is 2. The summed E-state index contributed by atoms with van der Waals surface area (Å²) in [7, 11) is 1.39. The van der Waals surface area contributed by atoms with E-state index in [9.17, 15) is 14.7 Å². The number of aromatic nitrogens is 1. The fraction of sp³-hybridized carbons (Fsp3) is 0.250. The van der Waals surface area contributed by atoms with Crippen LogP contribution in [0.25, 0.3) is 5.76 Å². The number of ketones is 1. The van der Waals surface area contributed by atoms with E-state index in [4.69, 9.17) is 27.9 Å². The third-order valence-corrected chi connectivity index (χ3v) is 4.99. The van der Waals surface area contributed by atoms with Crippen LogP contribution in [0.3, 0.4) is 0 Å². The Balaban J connectivity index is 2.27. The summed E-state index contributed by atoms with van der Waals surface area (Å²) in [6.07, 6.45) is 3.79. The number of Topliss-reactive ketones (excluding diaryl/α,β-unsaturated/α-hetero) is 1. The molecule has 1 aliphatic rings. The molecular formula is C20H18Cl2N2O4. The summed E-state index contributed by atoms with van der Waals surface area (Å²) in [5, 5.41) is 11.5. The molecule has 3 rings (SSSR count). The lowest BCUT2D eigenvalue weighted by molar-refractivity contribution is -0.139. The van der Waals surface area contributed by atoms with E-state index < -0.39 is 17.7 Å². The van der Waals surface area contributed by atoms with E-state index in [1.807, 2.05) is 6.92 Å². The van der Waals surface area contributed by atoms with Gasteiger partial charge in [-0.15, -0.1) is 0 Å². The maximum Gasteiger partial charge on any atom is 0.295 e. The van der Waals surface area contributed by atoms with Gasteiger partial charge in [-0.1, -0.05) is 30.1 Å². The first-order chi connectivity index (χ1) is 13.4. The number of rotatable bonds is 5. The predicted octanol–water partition coefficient (Wildman–Crippen LogP) is 4.23. The number of halogens is 2. The molecule has 0 spiro atoms. The van der Waals surface area contributed by atoms with Gasteiger partial charge in [0.1, 0.15) is 11.5 Å². The number of amides is 1. The van der Waals surface area contributed by atoms with Gasteiger partial charge in [0, 0.05) is 24.0 Å². The van der Waals surface area contributed by atoms with E-state index >= 15 is 0 Å². The van der Waals surface area contributed by atoms with E-state index in [0.29, 0.717) is 18.5 Å². The molecule has 1 fully saturated rings. The van der Waals surface area contributed by atoms with Crippen molar-refractivity contribution in [2.45, 2.75) is 19.4 Å². The monoisotopic (exact) mass is 420 g/mol. The fourth-order valence-corrected chi connectivity index (χ4v) is 3.90. The lowest BCUT2D eigenvalue weighted by atomic mass is 9.95. The number of methoxy groups -OCH3 is 1. The first kappa shape index (κ1) is 20.2. The van der Waals surface area contributed by atoms with Crippen LogP contribution in [-0.4, -0.2) is 40.3 Å². The highest BCUT2D eigenvalue weighted by atomic mass is 35.5. The molecule has 1 saturated heterocycles. The molecule has 146 valence electrons. The Hall–Kier alpha value is -2.57. The van der Waals surface area contributed by atoms with E-state index in [1.165, 1.54) is 24.1 Å². The van der Waals surface area contributed by atoms with Gasteiger partial charge in [-0.25, -0.2) is 0 Å². The second-order valence-electron chi connectivity index (χ2n) is 6.24. The first-order valence-electron chi connectivity index (χ1n) is 8.62. The molecule has 0 bridgehead atoms. The highest BCUT2D eigenvalue weighted by Crippen LogP contribution is 2.43. The fourth-order valence-electron chi connectivity index (χ4n) is 3.33. The normalized spacial score (nSPS) is 18.6. The zero-order valence-electron chi connectivity index (χ0n) is 15.3. The lowest BCUT2D eigenvalue weighted by Gasteiger charge is -2.24. The number of aliphatic hydroxyl groups is 1. The second kappa shape index (κ2) is 8.20. The maximum absolute atomic E-state index is 12.8. The van der Waals surface area contributed by atoms with Crippen molar-refractivity contribution in [1.29, 1.82) is 0 Å². The maximum atomic E-state index is 12.8. The largest absolute Gasteiger partial charge is 0.507 e. The molecule has 1 unspecified atom stereocenters. The molecule has 2 heterocycles. The topological polar surface area (TPSA) is 79.7 Å². The minimum Gasteiger partial charge on any atom is -0.507 e. The number of likely N-dealkylation sites (tertiary alicyclic amines) is 1. The molecule has 1 aliphatic heterocycles. The zero-order valence-corrected chi connectivity index (χ0v) is 16.8. The van der Waals surface area contributed by atoms with Gasteiger partial charge in [-0.2, -0.15) is 0 Å². The highest BCUT2D eigenvalue weighted by Gasteiger charge is 2.46. The summed E-state index contributed by atoms with van der Waals surface area (Å²) in [5.74, 6) is -1.66. The molecule has 0 aliphatic carbocycles. The van der Waals surface area contributed by atoms with Crippen molar-refractivity contribution in [3.63, 3.8) is 0 Å². The molecule has 1 aromatic carbocycles. The molecular weight excluding hydrogens is 403 g/mol. The third kappa shape index (κ3) is 3.45. The van der Waals surface area contributed by atoms with Crippen LogP contribution in [0.15, 0.2) is 42.2 Å². The number of hydrogen-bond donors (Lipinski definition) is 1. The van der Waals surface area contributed by atoms with Crippen molar-refractivity contribution >= 4 is 40.7 Å². The summed E-state index contributed by atoms with van der Waals surface area (Å²) in [5.41, 5.74) is 0.770. The van der Waals surface area contributed by atoms with Crippen molar-refractivity contribution in [1.82, 2.24) is 9.88 Å². The molecule has 1 N–H and O–H groups in total. The van der Waals surface area contributed by atoms with Crippen molar-refractivity contribution in [2.24, 2.45) is 0 Å². The summed E-state index contributed by atoms with van der Waals surface area (Å²) in [4.78, 5) is 30.9. The van der Waals surface area contributed by atoms with Crippen LogP contribution in [0.2, 0.25) is 10.0 Å². The van der Waals surface area contributed by atoms with Gasteiger partial charge in [0.2, 0.25) is 0 Å². The van der Waals surface area contributed by atoms with Crippen LogP contribution >= 0.6 is 23.2 Å². The van der Waals surface area contributed by atoms with Crippen LogP contribution in [0.4, 0.5) is 0 Å². The lowest BCUT2D eigenvalue weighted by Crippen LogP contribution is -2.30. The molecule has 1 aromatic heterocycles. The van der Waals surface area contributed by atoms with E-state index in [0.717, 1.165) is 0 Å². The number of hydrogen-bond acceptors (Lipinski definition) is 5. The summed E-state index contributed by atoms with van der Waals surface area (Å²) < 4.78 is 5.28. The minimum absolute atomic E-state index is 0.0405. The predicted molar refractivity (Wildman–Crippen MR) is 107 cm³/mol. The molecule has 28 heavy (non-hydrogen) atoms. The molecule has 1 amide bonds. The average molecular weight is 421 g/mol. The highest BCUT2D eigenvalue weighted by molar-refractivity contribution is 6.46. The number of pyridine rings is 1. The molecule has 0 radical (unpaired) electrons. The number of carbonyl (C=O) groups is 2. The minimum atomic E-state index is -0.772. The van der Waals surface area contributed by atoms with Gasteiger partial charge in [0.15, 0.2) is 0 Å². The van der Waals surface area contributed by atoms with Crippen LogP contribution in [-0.2, 0) is 9.59 Å². The van der Waals surface area contributed by atoms with Crippen LogP contribution in [0.1, 0.15) is 30.5 Å². The average Bonchev–Trinajstić information content (AvgIpc) is 2.93. The molecule has 2 aromatic rings. The van der Waals surface area contributed by atoms with E-state index in [1.54, 1.807) is 24.5 Å². The van der Waals surface area contributed by atoms with Gasteiger partial charge in [0.25, 0.3) is 11.7 Å². The Morgan fingerprint density at radius 3 is 2.54 bits per heavy atom. The van der Waals surface area contributed by atoms with Crippen molar-refractivity contribution in [2.75, 3.05) is 13.7 Å². The Morgan fingerprint density at radius 1 is 1.25 bits per heavy atom. The zero-order chi connectivity index (χ0) is 20.4. The van der Waals surface area contributed by atoms with Crippen molar-refractivity contribution in [3.05, 3.63) is 63.4 Å². The van der Waals surface area contributed by atoms with Crippen LogP contribution < -0.4 is 4.74 Å². The van der Waals surface area contributed by atoms with Gasteiger partial charge < -0.3 is 14.7 Å². The van der Waals surface area contributed by atoms with Gasteiger partial charge >= 0.3 is 0 Å². The Morgan fingerprint density at radius 2 is 1.93 bits per heavy atom. The number of aliphatic hydroxyl groups excluding tert-OH is 1. The molecule has 0 saturated carbocycles. The number of benzene rings is 1. The summed E-state index contributed by atoms with van der Waals surface area (Å²) in [6.45, 7) is 2.27. The van der Waals surface area contributed by atoms with Gasteiger partial charge in [-0.3, -0.25) is 14.6 Å². The van der Waals surface area contributed by atoms with E-state index in [-0.39, 0.29) is 32.7 Å². The Bertz CT molecular complexity index is 960. The molecule has 1 atom stereocenters. The number of ether oxygens (including phenoxy) is 1. The number of carbonyl (C=O) groups excluding carboxylic acids is 2. The van der Waals surface area contributed by atoms with Crippen molar-refractivity contribution in [3.8, 4) is 5.75 Å². The summed E-state index contributed by atoms with van der Waals surface area (Å²) >= 11 is 12.3. The third-order valence-electron chi connectivity index (χ3n) is 4.49. The molecule has 6 nitrogen and oxygen atoms in total. The quantitative estimate of drug-likeness (QED) is 0.444. The Labute approximate surface area is 172 Å². The van der Waals surface area contributed by atoms with Crippen molar-refractivity contribution < 1.29 is 19.4 Å². The SMILES string of the molecule is CCCN1C(=O)C(=O)/C(=C(/O)c2cc(Cl)cc(Cl)c2OC)C1c1ccncc1. The van der Waals surface area contributed by atoms with Crippen LogP contribution in [0, 0.1) is 0 Å². The first-order valence-corrected chi connectivity index (χ1v) is 9.38. The smallest absolute Gasteiger partial charge is 0.295 e. The van der Waals surface area contributed by atoms with E-state index in [2.05, 4.69) is 4.98 Å². The second-order valence-corrected chi connectivity index (χ2v) is 7.09. The summed E-state index contributed by atoms with van der Waals surface area (Å²) in [6, 6.07) is 5.57. The van der Waals surface area contributed by atoms with Gasteiger partial charge in [0.05, 0.1) is 29.3 Å². The Kier molecular flexibility index (Phi) is 5.91. The van der Waals surface area contributed by atoms with Gasteiger partial charge in [-0.05, 0) is 36.2 Å². The molecule has 8 heteroatoms. The van der Waals surface area contributed by atoms with Crippen LogP contribution in [0.5, 0.6) is 5.75 Å².